The molecule has 6 heteroatoms. The summed E-state index contributed by atoms with van der Waals surface area (Å²) in [5.74, 6) is 1.26. The van der Waals surface area contributed by atoms with Gasteiger partial charge in [0, 0.05) is 30.7 Å². The molecule has 0 aliphatic rings. The van der Waals surface area contributed by atoms with E-state index in [1.807, 2.05) is 42.6 Å². The molecule has 0 atom stereocenters. The number of benzene rings is 1. The normalized spacial score (nSPS) is 10.3. The molecule has 1 N–H and O–H groups in total. The van der Waals surface area contributed by atoms with E-state index in [4.69, 9.17) is 4.74 Å². The van der Waals surface area contributed by atoms with Crippen LogP contribution < -0.4 is 10.1 Å². The fourth-order valence-electron chi connectivity index (χ4n) is 2.33. The summed E-state index contributed by atoms with van der Waals surface area (Å²) in [6.45, 7) is 0.717. The molecule has 0 spiro atoms. The number of Topliss-reactive ketones (excluding diaryl/α,β-unsaturated/α-hetero) is 1. The largest absolute Gasteiger partial charge is 0.484 e. The predicted octanol–water partition coefficient (Wildman–Crippen LogP) is 4.16. The van der Waals surface area contributed by atoms with Gasteiger partial charge in [0.05, 0.1) is 4.47 Å². The number of ketones is 1. The first-order valence-corrected chi connectivity index (χ1v) is 9.01. The molecule has 0 saturated heterocycles. The maximum atomic E-state index is 12.2. The number of ether oxygens (including phenoxy) is 1. The van der Waals surface area contributed by atoms with E-state index >= 15 is 0 Å². The van der Waals surface area contributed by atoms with E-state index in [9.17, 15) is 4.79 Å². The van der Waals surface area contributed by atoms with Crippen molar-refractivity contribution in [2.75, 3.05) is 18.5 Å². The van der Waals surface area contributed by atoms with Gasteiger partial charge >= 0.3 is 0 Å². The summed E-state index contributed by atoms with van der Waals surface area (Å²) in [4.78, 5) is 20.6. The number of para-hydroxylation sites is 1. The maximum Gasteiger partial charge on any atom is 0.201 e. The van der Waals surface area contributed by atoms with E-state index in [0.29, 0.717) is 11.3 Å². The van der Waals surface area contributed by atoms with Crippen molar-refractivity contribution < 1.29 is 9.53 Å². The standard InChI is InChI=1S/C20H18BrN3O2/c21-17-5-1-2-6-19(17)26-14-18(25)16-7-8-20(24-13-16)23-11-9-15-4-3-10-22-12-15/h1-8,10,12-13H,9,11,14H2,(H,23,24). The van der Waals surface area contributed by atoms with Crippen molar-refractivity contribution in [2.24, 2.45) is 0 Å². The first-order valence-electron chi connectivity index (χ1n) is 8.22. The molecule has 0 bridgehead atoms. The first kappa shape index (κ1) is 18.1. The molecule has 0 amide bonds. The van der Waals surface area contributed by atoms with Crippen molar-refractivity contribution in [3.05, 3.63) is 82.7 Å². The average molecular weight is 412 g/mol. The van der Waals surface area contributed by atoms with Gasteiger partial charge in [0.1, 0.15) is 11.6 Å². The molecule has 26 heavy (non-hydrogen) atoms. The number of rotatable bonds is 8. The Bertz CT molecular complexity index is 854. The lowest BCUT2D eigenvalue weighted by molar-refractivity contribution is 0.0920. The summed E-state index contributed by atoms with van der Waals surface area (Å²) < 4.78 is 6.37. The molecular weight excluding hydrogens is 394 g/mol. The van der Waals surface area contributed by atoms with E-state index in [1.165, 1.54) is 0 Å². The van der Waals surface area contributed by atoms with Gasteiger partial charge in [-0.05, 0) is 58.2 Å². The van der Waals surface area contributed by atoms with Crippen molar-refractivity contribution in [2.45, 2.75) is 6.42 Å². The van der Waals surface area contributed by atoms with Crippen molar-refractivity contribution in [3.8, 4) is 5.75 Å². The van der Waals surface area contributed by atoms with Gasteiger partial charge in [0.2, 0.25) is 5.78 Å². The Morgan fingerprint density at radius 2 is 1.96 bits per heavy atom. The number of pyridine rings is 2. The Morgan fingerprint density at radius 3 is 2.69 bits per heavy atom. The number of carbonyl (C=O) groups excluding carboxylic acids is 1. The first-order chi connectivity index (χ1) is 12.7. The Morgan fingerprint density at radius 1 is 1.08 bits per heavy atom. The number of aromatic nitrogens is 2. The zero-order chi connectivity index (χ0) is 18.2. The minimum Gasteiger partial charge on any atom is -0.484 e. The van der Waals surface area contributed by atoms with Gasteiger partial charge in [-0.1, -0.05) is 18.2 Å². The zero-order valence-corrected chi connectivity index (χ0v) is 15.6. The van der Waals surface area contributed by atoms with Crippen LogP contribution in [0.1, 0.15) is 15.9 Å². The highest BCUT2D eigenvalue weighted by molar-refractivity contribution is 9.10. The number of halogens is 1. The van der Waals surface area contributed by atoms with E-state index in [-0.39, 0.29) is 12.4 Å². The number of carbonyl (C=O) groups is 1. The Kier molecular flexibility index (Phi) is 6.33. The number of nitrogens with one attached hydrogen (secondary N) is 1. The van der Waals surface area contributed by atoms with Crippen LogP contribution in [0.2, 0.25) is 0 Å². The molecular formula is C20H18BrN3O2. The van der Waals surface area contributed by atoms with E-state index in [0.717, 1.165) is 28.8 Å². The van der Waals surface area contributed by atoms with Crippen LogP contribution in [0.15, 0.2) is 71.6 Å². The maximum absolute atomic E-state index is 12.2. The number of nitrogens with zero attached hydrogens (tertiary/aromatic N) is 2. The summed E-state index contributed by atoms with van der Waals surface area (Å²) in [6.07, 6.45) is 6.03. The monoisotopic (exact) mass is 411 g/mol. The summed E-state index contributed by atoms with van der Waals surface area (Å²) in [5, 5.41) is 3.24. The summed E-state index contributed by atoms with van der Waals surface area (Å²) in [7, 11) is 0. The van der Waals surface area contributed by atoms with Crippen LogP contribution in [0.5, 0.6) is 5.75 Å². The fourth-order valence-corrected chi connectivity index (χ4v) is 2.73. The van der Waals surface area contributed by atoms with Crippen molar-refractivity contribution in [3.63, 3.8) is 0 Å². The van der Waals surface area contributed by atoms with E-state index in [1.54, 1.807) is 24.5 Å². The molecule has 0 radical (unpaired) electrons. The van der Waals surface area contributed by atoms with Gasteiger partial charge in [0.25, 0.3) is 0 Å². The molecule has 0 unspecified atom stereocenters. The van der Waals surface area contributed by atoms with Crippen LogP contribution in [0.3, 0.4) is 0 Å². The van der Waals surface area contributed by atoms with Gasteiger partial charge in [0.15, 0.2) is 6.61 Å². The quantitative estimate of drug-likeness (QED) is 0.563. The Balaban J connectivity index is 1.49. The highest BCUT2D eigenvalue weighted by Gasteiger charge is 2.09. The van der Waals surface area contributed by atoms with E-state index in [2.05, 4.69) is 31.2 Å². The lowest BCUT2D eigenvalue weighted by Crippen LogP contribution is -2.13. The second-order valence-corrected chi connectivity index (χ2v) is 6.47. The SMILES string of the molecule is O=C(COc1ccccc1Br)c1ccc(NCCc2cccnc2)nc1. The van der Waals surface area contributed by atoms with Crippen LogP contribution in [-0.4, -0.2) is 28.9 Å². The van der Waals surface area contributed by atoms with Gasteiger partial charge in [-0.25, -0.2) is 4.98 Å². The van der Waals surface area contributed by atoms with Crippen molar-refractivity contribution >= 4 is 27.5 Å². The molecule has 0 aliphatic carbocycles. The molecule has 0 saturated carbocycles. The lowest BCUT2D eigenvalue weighted by atomic mass is 10.2. The second-order valence-electron chi connectivity index (χ2n) is 5.61. The van der Waals surface area contributed by atoms with Gasteiger partial charge in [-0.3, -0.25) is 9.78 Å². The van der Waals surface area contributed by atoms with Crippen LogP contribution in [0, 0.1) is 0 Å². The summed E-state index contributed by atoms with van der Waals surface area (Å²) >= 11 is 3.39. The van der Waals surface area contributed by atoms with Crippen molar-refractivity contribution in [1.29, 1.82) is 0 Å². The molecule has 3 rings (SSSR count). The summed E-state index contributed by atoms with van der Waals surface area (Å²) in [6, 6.07) is 14.9. The third-order valence-corrected chi connectivity index (χ3v) is 4.38. The molecule has 0 aliphatic heterocycles. The highest BCUT2D eigenvalue weighted by atomic mass is 79.9. The van der Waals surface area contributed by atoms with Gasteiger partial charge in [-0.2, -0.15) is 0 Å². The van der Waals surface area contributed by atoms with Gasteiger partial charge in [-0.15, -0.1) is 0 Å². The number of hydrogen-bond acceptors (Lipinski definition) is 5. The van der Waals surface area contributed by atoms with Gasteiger partial charge < -0.3 is 10.1 Å². The Hall–Kier alpha value is -2.73. The minimum atomic E-state index is -0.116. The minimum absolute atomic E-state index is 0.0297. The third-order valence-electron chi connectivity index (χ3n) is 3.72. The Labute approximate surface area is 160 Å². The number of hydrogen-bond donors (Lipinski definition) is 1. The molecule has 2 aromatic heterocycles. The molecule has 2 heterocycles. The predicted molar refractivity (Wildman–Crippen MR) is 105 cm³/mol. The second kappa shape index (κ2) is 9.10. The molecule has 1 aromatic carbocycles. The van der Waals surface area contributed by atoms with Crippen LogP contribution >= 0.6 is 15.9 Å². The summed E-state index contributed by atoms with van der Waals surface area (Å²) in [5.41, 5.74) is 1.69. The molecule has 0 fully saturated rings. The van der Waals surface area contributed by atoms with E-state index < -0.39 is 0 Å². The zero-order valence-electron chi connectivity index (χ0n) is 14.1. The van der Waals surface area contributed by atoms with Crippen LogP contribution in [-0.2, 0) is 6.42 Å². The lowest BCUT2D eigenvalue weighted by Gasteiger charge is -2.08. The highest BCUT2D eigenvalue weighted by Crippen LogP contribution is 2.23. The molecule has 5 nitrogen and oxygen atoms in total. The van der Waals surface area contributed by atoms with Crippen molar-refractivity contribution in [1.82, 2.24) is 9.97 Å². The fraction of sp³-hybridized carbons (Fsp3) is 0.150. The smallest absolute Gasteiger partial charge is 0.201 e. The topological polar surface area (TPSA) is 64.1 Å². The number of anilines is 1. The molecule has 3 aromatic rings. The average Bonchev–Trinajstić information content (AvgIpc) is 2.68. The third kappa shape index (κ3) is 5.13. The molecule has 132 valence electrons. The van der Waals surface area contributed by atoms with Crippen LogP contribution in [0.4, 0.5) is 5.82 Å². The van der Waals surface area contributed by atoms with Crippen LogP contribution in [0.25, 0.3) is 0 Å².